The molecule has 0 N–H and O–H groups in total. The molecule has 98 valence electrons. The number of esters is 1. The number of ether oxygens (including phenoxy) is 1. The van der Waals surface area contributed by atoms with Gasteiger partial charge >= 0.3 is 11.5 Å². The summed E-state index contributed by atoms with van der Waals surface area (Å²) in [6, 6.07) is 6.24. The zero-order valence-electron chi connectivity index (χ0n) is 8.91. The minimum atomic E-state index is -4.39. The van der Waals surface area contributed by atoms with Crippen molar-refractivity contribution in [2.24, 2.45) is 0 Å². The number of cyclic esters (lactones) is 1. The van der Waals surface area contributed by atoms with E-state index < -0.39 is 22.8 Å². The van der Waals surface area contributed by atoms with E-state index in [9.17, 15) is 18.0 Å². The van der Waals surface area contributed by atoms with Crippen LogP contribution in [0.3, 0.4) is 0 Å². The van der Waals surface area contributed by atoms with Crippen molar-refractivity contribution < 1.29 is 22.7 Å². The van der Waals surface area contributed by atoms with Gasteiger partial charge in [0.05, 0.1) is 11.7 Å². The van der Waals surface area contributed by atoms with Crippen LogP contribution in [0, 0.1) is 0 Å². The van der Waals surface area contributed by atoms with E-state index in [2.05, 4.69) is 0 Å². The number of thioether (sulfide) groups is 1. The summed E-state index contributed by atoms with van der Waals surface area (Å²) in [6.45, 7) is 0. The molecule has 0 spiro atoms. The van der Waals surface area contributed by atoms with Gasteiger partial charge in [-0.15, -0.1) is 0 Å². The van der Waals surface area contributed by atoms with Gasteiger partial charge in [0, 0.05) is 5.02 Å². The van der Waals surface area contributed by atoms with Crippen molar-refractivity contribution in [2.75, 3.05) is 0 Å². The maximum absolute atomic E-state index is 12.4. The predicted molar refractivity (Wildman–Crippen MR) is 62.3 cm³/mol. The number of hydrogen-bond acceptors (Lipinski definition) is 3. The number of benzene rings is 1. The van der Waals surface area contributed by atoms with E-state index in [0.29, 0.717) is 10.6 Å². The first-order valence-electron chi connectivity index (χ1n) is 5.04. The summed E-state index contributed by atoms with van der Waals surface area (Å²) in [7, 11) is 0. The Morgan fingerprint density at radius 2 is 1.89 bits per heavy atom. The molecule has 1 heterocycles. The molecule has 0 unspecified atom stereocenters. The molecule has 0 saturated carbocycles. The SMILES string of the molecule is O=C1C[C@H](SC(F)(F)F)[C@@H](c2ccc(Cl)cc2)O1. The first kappa shape index (κ1) is 13.5. The van der Waals surface area contributed by atoms with E-state index in [1.165, 1.54) is 0 Å². The minimum absolute atomic E-state index is 0.204. The summed E-state index contributed by atoms with van der Waals surface area (Å²) in [5.41, 5.74) is -3.87. The summed E-state index contributed by atoms with van der Waals surface area (Å²) >= 11 is 5.49. The lowest BCUT2D eigenvalue weighted by molar-refractivity contribution is -0.141. The molecule has 0 radical (unpaired) electrons. The Labute approximate surface area is 110 Å². The highest BCUT2D eigenvalue weighted by atomic mass is 35.5. The Hall–Kier alpha value is -0.880. The number of hydrogen-bond donors (Lipinski definition) is 0. The number of carbonyl (C=O) groups excluding carboxylic acids is 1. The Morgan fingerprint density at radius 1 is 1.28 bits per heavy atom. The Kier molecular flexibility index (Phi) is 3.77. The lowest BCUT2D eigenvalue weighted by Gasteiger charge is -2.18. The number of halogens is 4. The minimum Gasteiger partial charge on any atom is -0.456 e. The zero-order chi connectivity index (χ0) is 13.3. The maximum Gasteiger partial charge on any atom is 0.442 e. The largest absolute Gasteiger partial charge is 0.456 e. The molecule has 1 aliphatic rings. The lowest BCUT2D eigenvalue weighted by Crippen LogP contribution is -2.15. The van der Waals surface area contributed by atoms with Gasteiger partial charge in [0.25, 0.3) is 0 Å². The molecule has 0 amide bonds. The van der Waals surface area contributed by atoms with E-state index in [0.717, 1.165) is 0 Å². The Bertz CT molecular complexity index is 447. The van der Waals surface area contributed by atoms with E-state index in [-0.39, 0.29) is 18.2 Å². The van der Waals surface area contributed by atoms with Crippen LogP contribution in [-0.2, 0) is 9.53 Å². The first-order valence-corrected chi connectivity index (χ1v) is 6.30. The number of alkyl halides is 3. The summed E-state index contributed by atoms with van der Waals surface area (Å²) < 4.78 is 42.0. The molecule has 2 rings (SSSR count). The van der Waals surface area contributed by atoms with Gasteiger partial charge in [0.2, 0.25) is 0 Å². The molecule has 2 atom stereocenters. The molecule has 2 nitrogen and oxygen atoms in total. The molecule has 0 aliphatic carbocycles. The van der Waals surface area contributed by atoms with Gasteiger partial charge < -0.3 is 4.74 Å². The highest BCUT2D eigenvalue weighted by molar-refractivity contribution is 8.00. The third-order valence-corrected chi connectivity index (χ3v) is 3.68. The summed E-state index contributed by atoms with van der Waals surface area (Å²) in [5, 5.41) is -0.471. The van der Waals surface area contributed by atoms with Crippen molar-refractivity contribution in [1.29, 1.82) is 0 Å². The van der Waals surface area contributed by atoms with E-state index in [1.54, 1.807) is 24.3 Å². The monoisotopic (exact) mass is 296 g/mol. The van der Waals surface area contributed by atoms with Crippen LogP contribution >= 0.6 is 23.4 Å². The van der Waals surface area contributed by atoms with Crippen LogP contribution < -0.4 is 0 Å². The van der Waals surface area contributed by atoms with Gasteiger partial charge in [-0.25, -0.2) is 0 Å². The van der Waals surface area contributed by atoms with Gasteiger partial charge in [-0.1, -0.05) is 23.7 Å². The third-order valence-electron chi connectivity index (χ3n) is 2.45. The molecule has 1 aromatic rings. The first-order chi connectivity index (χ1) is 8.35. The average Bonchev–Trinajstić information content (AvgIpc) is 2.58. The smallest absolute Gasteiger partial charge is 0.442 e. The average molecular weight is 297 g/mol. The highest BCUT2D eigenvalue weighted by Crippen LogP contribution is 2.45. The second-order valence-corrected chi connectivity index (χ2v) is 5.51. The van der Waals surface area contributed by atoms with Crippen molar-refractivity contribution in [3.8, 4) is 0 Å². The number of carbonyl (C=O) groups is 1. The van der Waals surface area contributed by atoms with Crippen LogP contribution in [0.1, 0.15) is 18.1 Å². The molecule has 18 heavy (non-hydrogen) atoms. The normalized spacial score (nSPS) is 24.1. The van der Waals surface area contributed by atoms with Gasteiger partial charge in [-0.2, -0.15) is 13.2 Å². The van der Waals surface area contributed by atoms with Crippen LogP contribution in [-0.4, -0.2) is 16.7 Å². The van der Waals surface area contributed by atoms with Gasteiger partial charge in [0.1, 0.15) is 6.10 Å². The quantitative estimate of drug-likeness (QED) is 0.773. The molecule has 1 fully saturated rings. The van der Waals surface area contributed by atoms with Gasteiger partial charge in [0.15, 0.2) is 0 Å². The lowest BCUT2D eigenvalue weighted by atomic mass is 10.1. The van der Waals surface area contributed by atoms with E-state index >= 15 is 0 Å². The molecular weight excluding hydrogens is 289 g/mol. The highest BCUT2D eigenvalue weighted by Gasteiger charge is 2.44. The fourth-order valence-electron chi connectivity index (χ4n) is 1.75. The Balaban J connectivity index is 2.19. The zero-order valence-corrected chi connectivity index (χ0v) is 10.5. The van der Waals surface area contributed by atoms with Crippen LogP contribution in [0.5, 0.6) is 0 Å². The van der Waals surface area contributed by atoms with E-state index in [1.807, 2.05) is 0 Å². The van der Waals surface area contributed by atoms with Crippen LogP contribution in [0.2, 0.25) is 5.02 Å². The van der Waals surface area contributed by atoms with Crippen molar-refractivity contribution in [2.45, 2.75) is 23.3 Å². The fraction of sp³-hybridized carbons (Fsp3) is 0.364. The summed E-state index contributed by atoms with van der Waals surface area (Å²) in [5.74, 6) is -0.614. The third kappa shape index (κ3) is 3.32. The number of rotatable bonds is 2. The van der Waals surface area contributed by atoms with Crippen molar-refractivity contribution in [3.05, 3.63) is 34.9 Å². The fourth-order valence-corrected chi connectivity index (χ4v) is 2.77. The predicted octanol–water partition coefficient (Wildman–Crippen LogP) is 3.95. The van der Waals surface area contributed by atoms with E-state index in [4.69, 9.17) is 16.3 Å². The second-order valence-electron chi connectivity index (χ2n) is 3.77. The van der Waals surface area contributed by atoms with Crippen molar-refractivity contribution >= 4 is 29.3 Å². The summed E-state index contributed by atoms with van der Waals surface area (Å²) in [6.07, 6.45) is -1.11. The van der Waals surface area contributed by atoms with Crippen LogP contribution in [0.25, 0.3) is 0 Å². The molecule has 1 saturated heterocycles. The second kappa shape index (κ2) is 5.01. The topological polar surface area (TPSA) is 26.3 Å². The molecular formula is C11H8ClF3O2S. The molecule has 1 aliphatic heterocycles. The molecule has 0 aromatic heterocycles. The molecule has 0 bridgehead atoms. The standard InChI is InChI=1S/C11H8ClF3O2S/c12-7-3-1-6(2-4-7)10-8(5-9(16)17-10)18-11(13,14)15/h1-4,8,10H,5H2/t8-,10+/m0/s1. The maximum atomic E-state index is 12.4. The molecule has 1 aromatic carbocycles. The van der Waals surface area contributed by atoms with Crippen molar-refractivity contribution in [1.82, 2.24) is 0 Å². The van der Waals surface area contributed by atoms with Crippen LogP contribution in [0.15, 0.2) is 24.3 Å². The van der Waals surface area contributed by atoms with Gasteiger partial charge in [-0.05, 0) is 29.5 Å². The summed E-state index contributed by atoms with van der Waals surface area (Å²) in [4.78, 5) is 11.2. The van der Waals surface area contributed by atoms with Crippen molar-refractivity contribution in [3.63, 3.8) is 0 Å². The molecule has 7 heteroatoms. The van der Waals surface area contributed by atoms with Gasteiger partial charge in [-0.3, -0.25) is 4.79 Å². The Morgan fingerprint density at radius 3 is 2.44 bits per heavy atom. The van der Waals surface area contributed by atoms with Crippen LogP contribution in [0.4, 0.5) is 13.2 Å².